The van der Waals surface area contributed by atoms with Crippen molar-refractivity contribution in [2.75, 3.05) is 6.54 Å². The van der Waals surface area contributed by atoms with Gasteiger partial charge in [-0.1, -0.05) is 203 Å². The molecule has 0 radical (unpaired) electrons. The van der Waals surface area contributed by atoms with Gasteiger partial charge in [0.05, 0.1) is 0 Å². The molecule has 340 valence electrons. The van der Waals surface area contributed by atoms with Gasteiger partial charge in [-0.15, -0.1) is 0 Å². The molecule has 7 unspecified atom stereocenters. The Morgan fingerprint density at radius 2 is 1.61 bits per heavy atom. The maximum absolute atomic E-state index is 5.58. The Morgan fingerprint density at radius 1 is 0.859 bits per heavy atom. The van der Waals surface area contributed by atoms with E-state index in [2.05, 4.69) is 171 Å². The van der Waals surface area contributed by atoms with Gasteiger partial charge in [-0.05, 0) is 106 Å². The molecule has 0 aromatic heterocycles. The molecule has 4 nitrogen and oxygen atoms in total. The molecule has 3 N–H and O–H groups in total. The second kappa shape index (κ2) is 25.3. The minimum atomic E-state index is 0.117. The average molecular weight is 857 g/mol. The van der Waals surface area contributed by atoms with Gasteiger partial charge < -0.3 is 10.6 Å². The molecule has 6 aliphatic carbocycles. The minimum absolute atomic E-state index is 0.117. The number of nitrogens with zero attached hydrogens (tertiary/aromatic N) is 1. The highest BCUT2D eigenvalue weighted by molar-refractivity contribution is 5.90. The monoisotopic (exact) mass is 857 g/mol. The summed E-state index contributed by atoms with van der Waals surface area (Å²) in [5.74, 6) is 2.67. The third kappa shape index (κ3) is 13.5. The van der Waals surface area contributed by atoms with E-state index in [1.54, 1.807) is 11.1 Å². The molecule has 4 heteroatoms. The van der Waals surface area contributed by atoms with Crippen LogP contribution in [0.1, 0.15) is 124 Å². The fourth-order valence-corrected chi connectivity index (χ4v) is 11.2. The number of rotatable bonds is 19. The summed E-state index contributed by atoms with van der Waals surface area (Å²) in [6, 6.07) is 0.966. The molecule has 8 atom stereocenters. The summed E-state index contributed by atoms with van der Waals surface area (Å²) < 4.78 is 0. The van der Waals surface area contributed by atoms with Crippen molar-refractivity contribution in [2.24, 2.45) is 34.6 Å². The molecule has 7 aliphatic rings. The SMILES string of the molecule is C=C\C=C/C=C(C)/C(/C=C/C1=C[C@@H](NC/C=C\C(CCC)C2=NC(C3C=CC=CC3)NC(C3=CC=C(C4CCCCC4)CC3)C2)C(C2C=CC=CC2)CC1)=C(/CC)NC1C=CC=CC1. The van der Waals surface area contributed by atoms with Crippen molar-refractivity contribution in [2.45, 2.75) is 148 Å². The van der Waals surface area contributed by atoms with E-state index >= 15 is 0 Å². The summed E-state index contributed by atoms with van der Waals surface area (Å²) in [4.78, 5) is 5.58. The van der Waals surface area contributed by atoms with Gasteiger partial charge in [-0.3, -0.25) is 10.3 Å². The Bertz CT molecular complexity index is 2040. The van der Waals surface area contributed by atoms with Crippen LogP contribution in [0.4, 0.5) is 0 Å². The highest BCUT2D eigenvalue weighted by atomic mass is 15.1. The quantitative estimate of drug-likeness (QED) is 0.0896. The Balaban J connectivity index is 1.09. The maximum Gasteiger partial charge on any atom is 0.106 e. The second-order valence-corrected chi connectivity index (χ2v) is 19.3. The van der Waals surface area contributed by atoms with Crippen LogP contribution in [0.5, 0.6) is 0 Å². The lowest BCUT2D eigenvalue weighted by molar-refractivity contribution is 0.295. The van der Waals surface area contributed by atoms with Crippen LogP contribution in [0.25, 0.3) is 0 Å². The summed E-state index contributed by atoms with van der Waals surface area (Å²) in [6.07, 6.45) is 71.9. The van der Waals surface area contributed by atoms with Gasteiger partial charge in [0.2, 0.25) is 0 Å². The molecule has 1 heterocycles. The molecule has 64 heavy (non-hydrogen) atoms. The first kappa shape index (κ1) is 47.5. The average Bonchev–Trinajstić information content (AvgIpc) is 3.35. The topological polar surface area (TPSA) is 48.5 Å². The van der Waals surface area contributed by atoms with E-state index in [9.17, 15) is 0 Å². The number of hydrogen-bond donors (Lipinski definition) is 3. The fraction of sp³-hybridized carbons (Fsp3) is 0.483. The number of aliphatic imine (C=N–C) groups is 1. The largest absolute Gasteiger partial charge is 0.381 e. The molecule has 0 saturated heterocycles. The second-order valence-electron chi connectivity index (χ2n) is 19.3. The maximum atomic E-state index is 5.58. The summed E-state index contributed by atoms with van der Waals surface area (Å²) in [7, 11) is 0. The lowest BCUT2D eigenvalue weighted by Crippen LogP contribution is -2.48. The highest BCUT2D eigenvalue weighted by Crippen LogP contribution is 2.38. The Kier molecular flexibility index (Phi) is 18.7. The van der Waals surface area contributed by atoms with Gasteiger partial charge in [0.25, 0.3) is 0 Å². The van der Waals surface area contributed by atoms with Crippen LogP contribution in [0.2, 0.25) is 0 Å². The van der Waals surface area contributed by atoms with Gasteiger partial charge in [0.1, 0.15) is 6.17 Å². The van der Waals surface area contributed by atoms with Crippen LogP contribution < -0.4 is 16.0 Å². The first-order chi connectivity index (χ1) is 31.5. The molecule has 7 rings (SSSR count). The van der Waals surface area contributed by atoms with Crippen molar-refractivity contribution in [3.63, 3.8) is 0 Å². The lowest BCUT2D eigenvalue weighted by atomic mass is 9.75. The van der Waals surface area contributed by atoms with E-state index in [0.29, 0.717) is 41.8 Å². The van der Waals surface area contributed by atoms with Crippen molar-refractivity contribution in [1.29, 1.82) is 0 Å². The first-order valence-corrected chi connectivity index (χ1v) is 25.5. The van der Waals surface area contributed by atoms with Crippen LogP contribution in [-0.4, -0.2) is 36.5 Å². The molecule has 0 bridgehead atoms. The Morgan fingerprint density at radius 3 is 2.30 bits per heavy atom. The van der Waals surface area contributed by atoms with Crippen molar-refractivity contribution < 1.29 is 0 Å². The van der Waals surface area contributed by atoms with Crippen molar-refractivity contribution >= 4 is 5.71 Å². The van der Waals surface area contributed by atoms with Gasteiger partial charge >= 0.3 is 0 Å². The summed E-state index contributed by atoms with van der Waals surface area (Å²) in [5.41, 5.74) is 9.93. The zero-order valence-corrected chi connectivity index (χ0v) is 39.7. The van der Waals surface area contributed by atoms with Crippen molar-refractivity contribution in [3.05, 3.63) is 180 Å². The van der Waals surface area contributed by atoms with Gasteiger partial charge in [-0.2, -0.15) is 0 Å². The highest BCUT2D eigenvalue weighted by Gasteiger charge is 2.33. The molecule has 0 aromatic carbocycles. The smallest absolute Gasteiger partial charge is 0.106 e. The zero-order valence-electron chi connectivity index (χ0n) is 39.7. The molecule has 0 aromatic rings. The first-order valence-electron chi connectivity index (χ1n) is 25.5. The van der Waals surface area contributed by atoms with E-state index < -0.39 is 0 Å². The molecular weight excluding hydrogens is 777 g/mol. The minimum Gasteiger partial charge on any atom is -0.381 e. The fourth-order valence-electron chi connectivity index (χ4n) is 11.2. The van der Waals surface area contributed by atoms with E-state index in [1.807, 2.05) is 12.2 Å². The van der Waals surface area contributed by atoms with Crippen LogP contribution in [0.3, 0.4) is 0 Å². The summed E-state index contributed by atoms with van der Waals surface area (Å²) in [5, 5.41) is 12.0. The Hall–Kier alpha value is -4.51. The van der Waals surface area contributed by atoms with Gasteiger partial charge in [0, 0.05) is 54.3 Å². The number of hydrogen-bond acceptors (Lipinski definition) is 4. The lowest BCUT2D eigenvalue weighted by Gasteiger charge is -2.37. The van der Waals surface area contributed by atoms with Crippen LogP contribution >= 0.6 is 0 Å². The van der Waals surface area contributed by atoms with E-state index in [1.165, 1.54) is 79.5 Å². The molecule has 1 saturated carbocycles. The van der Waals surface area contributed by atoms with Crippen LogP contribution in [-0.2, 0) is 0 Å². The van der Waals surface area contributed by atoms with Crippen LogP contribution in [0.15, 0.2) is 185 Å². The van der Waals surface area contributed by atoms with Crippen molar-refractivity contribution in [3.8, 4) is 0 Å². The third-order valence-electron chi connectivity index (χ3n) is 14.9. The molecule has 1 fully saturated rings. The summed E-state index contributed by atoms with van der Waals surface area (Å²) >= 11 is 0. The van der Waals surface area contributed by atoms with E-state index in [4.69, 9.17) is 4.99 Å². The molecule has 0 spiro atoms. The zero-order chi connectivity index (χ0) is 44.4. The normalized spacial score (nSPS) is 29.8. The standard InChI is InChI=1S/C60H80N4/c1-5-8-13-24-45(4)54(56(7-3)62-53-32-20-12-21-33-53)40-34-46-35-41-55(49-27-16-10-17-28-49)59(43-46)61-42-22-31-50(23-6-2)57-44-58(64-60(63-57)52-29-18-11-19-30-52)51-38-36-48(37-39-51)47-25-14-9-15-26-47/h5,8,10-13,16-22,24,27,29,31-32,34,36,38,40,43,47,49-50,52-53,55,58-62,64H,1,6-7,9,14-15,23,25-26,28,30,33,35,37,39,41-42,44H2,2-4H3/b13-8-,31-22-,40-34+,45-24+,56-54-/t49?,50?,52?,53?,55?,58?,59-,60?/m1/s1. The predicted molar refractivity (Wildman–Crippen MR) is 277 cm³/mol. The molecular formula is C60H80N4. The van der Waals surface area contributed by atoms with Crippen molar-refractivity contribution in [1.82, 2.24) is 16.0 Å². The van der Waals surface area contributed by atoms with Gasteiger partial charge in [-0.25, -0.2) is 0 Å². The van der Waals surface area contributed by atoms with Crippen LogP contribution in [0, 0.1) is 29.6 Å². The number of nitrogens with one attached hydrogen (secondary N) is 3. The summed E-state index contributed by atoms with van der Waals surface area (Å²) in [6.45, 7) is 11.6. The predicted octanol–water partition coefficient (Wildman–Crippen LogP) is 14.3. The van der Waals surface area contributed by atoms with E-state index in [-0.39, 0.29) is 6.17 Å². The van der Waals surface area contributed by atoms with E-state index in [0.717, 1.165) is 63.8 Å². The molecule has 1 aliphatic heterocycles. The third-order valence-corrected chi connectivity index (χ3v) is 14.9. The molecule has 0 amide bonds. The number of allylic oxidation sites excluding steroid dienone is 23. The van der Waals surface area contributed by atoms with Gasteiger partial charge in [0.15, 0.2) is 0 Å². The Labute approximate surface area is 388 Å².